The van der Waals surface area contributed by atoms with Crippen LogP contribution in [-0.4, -0.2) is 4.89 Å². The van der Waals surface area contributed by atoms with Crippen molar-refractivity contribution in [3.63, 3.8) is 0 Å². The van der Waals surface area contributed by atoms with E-state index in [4.69, 9.17) is 4.89 Å². The van der Waals surface area contributed by atoms with Gasteiger partial charge in [-0.05, 0) is 23.6 Å². The standard InChI is InChI=1S/C9H13O2P/c1-7(2)8-3-5-9(6-4-8)12(10)11/h3-7,12H,1-2H3,(H,10,11). The van der Waals surface area contributed by atoms with E-state index in [-0.39, 0.29) is 0 Å². The van der Waals surface area contributed by atoms with Gasteiger partial charge >= 0.3 is 0 Å². The molecule has 0 spiro atoms. The summed E-state index contributed by atoms with van der Waals surface area (Å²) in [6.45, 7) is 4.19. The van der Waals surface area contributed by atoms with Crippen LogP contribution in [0, 0.1) is 0 Å². The molecule has 0 aliphatic carbocycles. The van der Waals surface area contributed by atoms with E-state index < -0.39 is 8.03 Å². The molecule has 0 saturated heterocycles. The maximum Gasteiger partial charge on any atom is 0.218 e. The van der Waals surface area contributed by atoms with Crippen molar-refractivity contribution in [2.75, 3.05) is 0 Å². The fraction of sp³-hybridized carbons (Fsp3) is 0.333. The molecule has 0 amide bonds. The van der Waals surface area contributed by atoms with E-state index in [1.807, 2.05) is 12.1 Å². The van der Waals surface area contributed by atoms with Gasteiger partial charge in [0.15, 0.2) is 0 Å². The lowest BCUT2D eigenvalue weighted by molar-refractivity contribution is 0.513. The summed E-state index contributed by atoms with van der Waals surface area (Å²) in [6, 6.07) is 7.24. The van der Waals surface area contributed by atoms with Crippen molar-refractivity contribution in [3.05, 3.63) is 29.8 Å². The Labute approximate surface area is 73.1 Å². The van der Waals surface area contributed by atoms with Crippen LogP contribution in [-0.2, 0) is 4.57 Å². The van der Waals surface area contributed by atoms with Crippen LogP contribution in [0.1, 0.15) is 25.3 Å². The minimum Gasteiger partial charge on any atom is -0.343 e. The molecule has 0 aromatic heterocycles. The van der Waals surface area contributed by atoms with Gasteiger partial charge in [-0.25, -0.2) is 0 Å². The fourth-order valence-electron chi connectivity index (χ4n) is 1.01. The van der Waals surface area contributed by atoms with Crippen LogP contribution in [0.4, 0.5) is 0 Å². The van der Waals surface area contributed by atoms with Gasteiger partial charge in [-0.1, -0.05) is 26.0 Å². The maximum absolute atomic E-state index is 10.7. The fourth-order valence-corrected chi connectivity index (χ4v) is 1.46. The van der Waals surface area contributed by atoms with E-state index in [2.05, 4.69) is 13.8 Å². The summed E-state index contributed by atoms with van der Waals surface area (Å²) in [4.78, 5) is 8.80. The highest BCUT2D eigenvalue weighted by Gasteiger charge is 2.00. The van der Waals surface area contributed by atoms with Gasteiger partial charge in [0, 0.05) is 5.30 Å². The molecule has 1 rings (SSSR count). The first kappa shape index (κ1) is 9.50. The first-order valence-corrected chi connectivity index (χ1v) is 5.30. The largest absolute Gasteiger partial charge is 0.343 e. The molecule has 66 valence electrons. The van der Waals surface area contributed by atoms with E-state index in [0.717, 1.165) is 0 Å². The molecule has 1 aromatic carbocycles. The SMILES string of the molecule is CC(C)c1ccc([PH](=O)O)cc1. The van der Waals surface area contributed by atoms with Crippen molar-refractivity contribution in [2.45, 2.75) is 19.8 Å². The highest BCUT2D eigenvalue weighted by Crippen LogP contribution is 2.17. The van der Waals surface area contributed by atoms with Crippen molar-refractivity contribution < 1.29 is 9.46 Å². The third-order valence-corrected chi connectivity index (χ3v) is 2.65. The summed E-state index contributed by atoms with van der Waals surface area (Å²) >= 11 is 0. The van der Waals surface area contributed by atoms with E-state index in [1.165, 1.54) is 5.56 Å². The monoisotopic (exact) mass is 184 g/mol. The Hall–Kier alpha value is -0.590. The Morgan fingerprint density at radius 3 is 2.08 bits per heavy atom. The van der Waals surface area contributed by atoms with E-state index in [9.17, 15) is 4.57 Å². The second kappa shape index (κ2) is 3.88. The zero-order valence-corrected chi connectivity index (χ0v) is 8.24. The summed E-state index contributed by atoms with van der Waals surface area (Å²) in [5.41, 5.74) is 1.20. The topological polar surface area (TPSA) is 37.3 Å². The van der Waals surface area contributed by atoms with E-state index in [1.54, 1.807) is 12.1 Å². The van der Waals surface area contributed by atoms with Gasteiger partial charge in [0.05, 0.1) is 0 Å². The molecule has 3 heteroatoms. The molecule has 0 fully saturated rings. The Morgan fingerprint density at radius 2 is 1.75 bits per heavy atom. The van der Waals surface area contributed by atoms with Crippen LogP contribution >= 0.6 is 8.03 Å². The molecular formula is C9H13O2P. The smallest absolute Gasteiger partial charge is 0.218 e. The zero-order chi connectivity index (χ0) is 9.14. The second-order valence-electron chi connectivity index (χ2n) is 3.08. The number of benzene rings is 1. The molecule has 2 nitrogen and oxygen atoms in total. The Balaban J connectivity index is 2.93. The maximum atomic E-state index is 10.7. The van der Waals surface area contributed by atoms with Gasteiger partial charge in [0.1, 0.15) is 0 Å². The van der Waals surface area contributed by atoms with E-state index >= 15 is 0 Å². The number of hydrogen-bond acceptors (Lipinski definition) is 1. The molecule has 0 aliphatic rings. The van der Waals surface area contributed by atoms with Crippen LogP contribution in [0.2, 0.25) is 0 Å². The van der Waals surface area contributed by atoms with Gasteiger partial charge in [-0.2, -0.15) is 0 Å². The molecule has 1 aromatic rings. The Morgan fingerprint density at radius 1 is 1.25 bits per heavy atom. The summed E-state index contributed by atoms with van der Waals surface area (Å²) < 4.78 is 10.7. The van der Waals surface area contributed by atoms with Crippen molar-refractivity contribution in [2.24, 2.45) is 0 Å². The predicted molar refractivity (Wildman–Crippen MR) is 51.4 cm³/mol. The molecule has 0 saturated carbocycles. The minimum atomic E-state index is -2.50. The average molecular weight is 184 g/mol. The molecule has 0 radical (unpaired) electrons. The molecule has 1 atom stereocenters. The highest BCUT2D eigenvalue weighted by atomic mass is 31.1. The minimum absolute atomic E-state index is 0.472. The quantitative estimate of drug-likeness (QED) is 0.713. The van der Waals surface area contributed by atoms with Crippen molar-refractivity contribution in [3.8, 4) is 0 Å². The van der Waals surface area contributed by atoms with Gasteiger partial charge in [0.25, 0.3) is 0 Å². The molecule has 0 aliphatic heterocycles. The summed E-state index contributed by atoms with van der Waals surface area (Å²) in [5, 5.41) is 0.532. The van der Waals surface area contributed by atoms with Gasteiger partial charge < -0.3 is 4.89 Å². The van der Waals surface area contributed by atoms with Gasteiger partial charge in [-0.15, -0.1) is 0 Å². The summed E-state index contributed by atoms with van der Waals surface area (Å²) in [5.74, 6) is 0.472. The normalized spacial score (nSPS) is 13.3. The summed E-state index contributed by atoms with van der Waals surface area (Å²) in [7, 11) is -2.50. The van der Waals surface area contributed by atoms with Crippen LogP contribution in [0.3, 0.4) is 0 Å². The van der Waals surface area contributed by atoms with Gasteiger partial charge in [-0.3, -0.25) is 4.57 Å². The number of rotatable bonds is 2. The first-order chi connectivity index (χ1) is 5.61. The van der Waals surface area contributed by atoms with Crippen molar-refractivity contribution >= 4 is 13.3 Å². The average Bonchev–Trinajstić information content (AvgIpc) is 2.04. The van der Waals surface area contributed by atoms with Gasteiger partial charge in [0.2, 0.25) is 8.03 Å². The molecule has 0 heterocycles. The second-order valence-corrected chi connectivity index (χ2v) is 4.27. The molecule has 12 heavy (non-hydrogen) atoms. The predicted octanol–water partition coefficient (Wildman–Crippen LogP) is 1.90. The van der Waals surface area contributed by atoms with Crippen LogP contribution in [0.15, 0.2) is 24.3 Å². The number of hydrogen-bond donors (Lipinski definition) is 1. The summed E-state index contributed by atoms with van der Waals surface area (Å²) in [6.07, 6.45) is 0. The molecule has 1 unspecified atom stereocenters. The van der Waals surface area contributed by atoms with E-state index in [0.29, 0.717) is 11.2 Å². The Kier molecular flexibility index (Phi) is 3.07. The third kappa shape index (κ3) is 2.20. The zero-order valence-electron chi connectivity index (χ0n) is 7.24. The lowest BCUT2D eigenvalue weighted by atomic mass is 10.0. The van der Waals surface area contributed by atoms with Crippen LogP contribution < -0.4 is 5.30 Å². The van der Waals surface area contributed by atoms with Crippen LogP contribution in [0.25, 0.3) is 0 Å². The first-order valence-electron chi connectivity index (χ1n) is 3.94. The third-order valence-electron chi connectivity index (χ3n) is 1.82. The lowest BCUT2D eigenvalue weighted by Gasteiger charge is -2.04. The Bertz CT molecular complexity index is 277. The van der Waals surface area contributed by atoms with Crippen molar-refractivity contribution in [1.29, 1.82) is 0 Å². The van der Waals surface area contributed by atoms with Crippen LogP contribution in [0.5, 0.6) is 0 Å². The molecule has 1 N–H and O–H groups in total. The highest BCUT2D eigenvalue weighted by molar-refractivity contribution is 7.47. The molecule has 0 bridgehead atoms. The lowest BCUT2D eigenvalue weighted by Crippen LogP contribution is -1.96. The molecular weight excluding hydrogens is 171 g/mol. The van der Waals surface area contributed by atoms with Crippen molar-refractivity contribution in [1.82, 2.24) is 0 Å².